The van der Waals surface area contributed by atoms with Crippen LogP contribution < -0.4 is 10.2 Å². The zero-order chi connectivity index (χ0) is 27.7. The molecule has 1 fully saturated rings. The standard InChI is InChI=1S/C30H30FN5O4/c31-21-10-12-22(13-11-21)36-27(37)23-7-2-3-8-24(23)30(36,39)20-9-14-25-26(19-20)33-28(32-25)34-29(38)40-18-6-17-35-15-4-1-5-16-35/h2-3,7-14,19,39H,1,4-6,15-18H2,(H2,32,33,34,38). The highest BCUT2D eigenvalue weighted by molar-refractivity contribution is 6.12. The summed E-state index contributed by atoms with van der Waals surface area (Å²) in [4.78, 5) is 36.9. The number of aromatic nitrogens is 2. The second kappa shape index (κ2) is 10.7. The van der Waals surface area contributed by atoms with Gasteiger partial charge in [0.2, 0.25) is 5.95 Å². The number of halogens is 1. The van der Waals surface area contributed by atoms with Crippen molar-refractivity contribution in [2.45, 2.75) is 31.4 Å². The summed E-state index contributed by atoms with van der Waals surface area (Å²) in [7, 11) is 0. The molecule has 0 saturated carbocycles. The number of benzene rings is 3. The van der Waals surface area contributed by atoms with Crippen LogP contribution in [0.4, 0.5) is 20.8 Å². The Morgan fingerprint density at radius 1 is 1.07 bits per heavy atom. The van der Waals surface area contributed by atoms with Crippen LogP contribution >= 0.6 is 0 Å². The van der Waals surface area contributed by atoms with Crippen molar-refractivity contribution in [3.63, 3.8) is 0 Å². The van der Waals surface area contributed by atoms with E-state index in [9.17, 15) is 19.1 Å². The van der Waals surface area contributed by atoms with Gasteiger partial charge in [0.15, 0.2) is 5.72 Å². The van der Waals surface area contributed by atoms with Crippen LogP contribution in [0.1, 0.15) is 47.2 Å². The van der Waals surface area contributed by atoms with E-state index in [1.54, 1.807) is 42.5 Å². The van der Waals surface area contributed by atoms with E-state index < -0.39 is 23.5 Å². The predicted molar refractivity (Wildman–Crippen MR) is 149 cm³/mol. The smallest absolute Gasteiger partial charge is 0.413 e. The molecule has 0 spiro atoms. The number of carbonyl (C=O) groups excluding carboxylic acids is 2. The molecule has 4 aromatic rings. The largest absolute Gasteiger partial charge is 0.449 e. The van der Waals surface area contributed by atoms with E-state index in [1.165, 1.54) is 48.4 Å². The van der Waals surface area contributed by atoms with Gasteiger partial charge < -0.3 is 19.7 Å². The van der Waals surface area contributed by atoms with Gasteiger partial charge in [-0.25, -0.2) is 14.2 Å². The van der Waals surface area contributed by atoms with Crippen LogP contribution in [0.15, 0.2) is 66.7 Å². The first-order valence-electron chi connectivity index (χ1n) is 13.5. The van der Waals surface area contributed by atoms with Gasteiger partial charge >= 0.3 is 6.09 Å². The van der Waals surface area contributed by atoms with Crippen molar-refractivity contribution in [2.24, 2.45) is 0 Å². The molecular formula is C30H30FN5O4. The number of amides is 2. The molecule has 0 aliphatic carbocycles. The number of aliphatic hydroxyl groups is 1. The van der Waals surface area contributed by atoms with Crippen LogP contribution in [-0.4, -0.2) is 58.2 Å². The molecular weight excluding hydrogens is 513 g/mol. The monoisotopic (exact) mass is 543 g/mol. The highest BCUT2D eigenvalue weighted by Crippen LogP contribution is 2.45. The number of rotatable bonds is 7. The molecule has 3 N–H and O–H groups in total. The van der Waals surface area contributed by atoms with Crippen LogP contribution in [0.25, 0.3) is 11.0 Å². The molecule has 9 nitrogen and oxygen atoms in total. The first kappa shape index (κ1) is 26.0. The summed E-state index contributed by atoms with van der Waals surface area (Å²) in [5, 5.41) is 14.8. The number of likely N-dealkylation sites (tertiary alicyclic amines) is 1. The molecule has 206 valence electrons. The maximum absolute atomic E-state index is 13.7. The lowest BCUT2D eigenvalue weighted by Crippen LogP contribution is -2.45. The normalized spacial score (nSPS) is 19.1. The highest BCUT2D eigenvalue weighted by atomic mass is 19.1. The molecule has 1 unspecified atom stereocenters. The maximum atomic E-state index is 13.7. The number of nitrogens with zero attached hydrogens (tertiary/aromatic N) is 3. The number of imidazole rings is 1. The Labute approximate surface area is 230 Å². The highest BCUT2D eigenvalue weighted by Gasteiger charge is 2.50. The molecule has 1 atom stereocenters. The van der Waals surface area contributed by atoms with E-state index in [1.807, 2.05) is 0 Å². The number of H-pyrrole nitrogens is 1. The van der Waals surface area contributed by atoms with Gasteiger partial charge in [-0.1, -0.05) is 30.7 Å². The number of piperidine rings is 1. The Morgan fingerprint density at radius 2 is 1.85 bits per heavy atom. The van der Waals surface area contributed by atoms with E-state index in [0.29, 0.717) is 40.0 Å². The molecule has 6 rings (SSSR count). The van der Waals surface area contributed by atoms with Gasteiger partial charge in [-0.15, -0.1) is 0 Å². The second-order valence-electron chi connectivity index (χ2n) is 10.2. The Kier molecular flexibility index (Phi) is 6.95. The molecule has 2 amide bonds. The molecule has 40 heavy (non-hydrogen) atoms. The summed E-state index contributed by atoms with van der Waals surface area (Å²) < 4.78 is 19.0. The average molecular weight is 544 g/mol. The number of fused-ring (bicyclic) bond motifs is 2. The molecule has 0 bridgehead atoms. The van der Waals surface area contributed by atoms with Crippen LogP contribution in [0.2, 0.25) is 0 Å². The third kappa shape index (κ3) is 4.80. The number of ether oxygens (including phenoxy) is 1. The van der Waals surface area contributed by atoms with Crippen molar-refractivity contribution in [3.8, 4) is 0 Å². The van der Waals surface area contributed by atoms with Crippen molar-refractivity contribution in [3.05, 3.63) is 89.2 Å². The summed E-state index contributed by atoms with van der Waals surface area (Å²) in [6.45, 7) is 3.42. The van der Waals surface area contributed by atoms with Gasteiger partial charge in [-0.3, -0.25) is 15.0 Å². The van der Waals surface area contributed by atoms with Crippen LogP contribution in [-0.2, 0) is 10.5 Å². The van der Waals surface area contributed by atoms with E-state index in [0.717, 1.165) is 26.1 Å². The van der Waals surface area contributed by atoms with E-state index in [-0.39, 0.29) is 5.95 Å². The summed E-state index contributed by atoms with van der Waals surface area (Å²) in [6, 6.07) is 17.3. The Morgan fingerprint density at radius 3 is 2.65 bits per heavy atom. The topological polar surface area (TPSA) is 111 Å². The van der Waals surface area contributed by atoms with Gasteiger partial charge in [-0.2, -0.15) is 0 Å². The van der Waals surface area contributed by atoms with Gasteiger partial charge in [0, 0.05) is 28.9 Å². The third-order valence-electron chi connectivity index (χ3n) is 7.55. The number of hydrogen-bond donors (Lipinski definition) is 3. The quantitative estimate of drug-likeness (QED) is 0.284. The van der Waals surface area contributed by atoms with Gasteiger partial charge in [0.25, 0.3) is 5.91 Å². The Balaban J connectivity index is 1.21. The minimum atomic E-state index is -1.86. The minimum Gasteiger partial charge on any atom is -0.449 e. The lowest BCUT2D eigenvalue weighted by atomic mass is 9.93. The predicted octanol–water partition coefficient (Wildman–Crippen LogP) is 4.98. The second-order valence-corrected chi connectivity index (χ2v) is 10.2. The van der Waals surface area contributed by atoms with E-state index in [2.05, 4.69) is 20.2 Å². The average Bonchev–Trinajstić information content (AvgIpc) is 3.48. The van der Waals surface area contributed by atoms with Crippen molar-refractivity contribution < 1.29 is 23.8 Å². The van der Waals surface area contributed by atoms with E-state index in [4.69, 9.17) is 4.74 Å². The van der Waals surface area contributed by atoms with Gasteiger partial charge in [0.1, 0.15) is 5.82 Å². The fourth-order valence-electron chi connectivity index (χ4n) is 5.59. The zero-order valence-electron chi connectivity index (χ0n) is 21.9. The first-order chi connectivity index (χ1) is 19.4. The van der Waals surface area contributed by atoms with Crippen molar-refractivity contribution >= 4 is 34.7 Å². The Hall–Kier alpha value is -4.28. The summed E-state index contributed by atoms with van der Waals surface area (Å²) >= 11 is 0. The number of anilines is 2. The van der Waals surface area contributed by atoms with Gasteiger partial charge in [-0.05, 0) is 74.8 Å². The third-order valence-corrected chi connectivity index (χ3v) is 7.55. The molecule has 1 aromatic heterocycles. The molecule has 1 saturated heterocycles. The molecule has 2 aliphatic rings. The maximum Gasteiger partial charge on any atom is 0.413 e. The fraction of sp³-hybridized carbons (Fsp3) is 0.300. The number of aromatic amines is 1. The number of carbonyl (C=O) groups is 2. The van der Waals surface area contributed by atoms with Crippen molar-refractivity contribution in [2.75, 3.05) is 36.5 Å². The SMILES string of the molecule is O=C(Nc1nc2ccc(C3(O)c4ccccc4C(=O)N3c3ccc(F)cc3)cc2[nH]1)OCCCN1CCCCC1. The molecule has 3 heterocycles. The van der Waals surface area contributed by atoms with Crippen molar-refractivity contribution in [1.82, 2.24) is 14.9 Å². The van der Waals surface area contributed by atoms with Crippen LogP contribution in [0.3, 0.4) is 0 Å². The van der Waals surface area contributed by atoms with Crippen LogP contribution in [0, 0.1) is 5.82 Å². The lowest BCUT2D eigenvalue weighted by molar-refractivity contribution is 0.0704. The zero-order valence-corrected chi connectivity index (χ0v) is 21.9. The number of nitrogens with one attached hydrogen (secondary N) is 2. The summed E-state index contributed by atoms with van der Waals surface area (Å²) in [5.74, 6) is -0.644. The minimum absolute atomic E-state index is 0.207. The van der Waals surface area contributed by atoms with Gasteiger partial charge in [0.05, 0.1) is 17.6 Å². The lowest BCUT2D eigenvalue weighted by Gasteiger charge is -2.34. The summed E-state index contributed by atoms with van der Waals surface area (Å²) in [5.41, 5.74) is 0.754. The summed E-state index contributed by atoms with van der Waals surface area (Å²) in [6.07, 6.45) is 3.89. The fourth-order valence-corrected chi connectivity index (χ4v) is 5.59. The van der Waals surface area contributed by atoms with Crippen LogP contribution in [0.5, 0.6) is 0 Å². The molecule has 0 radical (unpaired) electrons. The molecule has 2 aliphatic heterocycles. The Bertz CT molecular complexity index is 1550. The molecule has 3 aromatic carbocycles. The number of hydrogen-bond acceptors (Lipinski definition) is 6. The van der Waals surface area contributed by atoms with Crippen molar-refractivity contribution in [1.29, 1.82) is 0 Å². The molecule has 10 heteroatoms. The van der Waals surface area contributed by atoms with E-state index >= 15 is 0 Å². The first-order valence-corrected chi connectivity index (χ1v) is 13.5.